The van der Waals surface area contributed by atoms with Crippen LogP contribution in [0.2, 0.25) is 0 Å². The van der Waals surface area contributed by atoms with Crippen LogP contribution < -0.4 is 0 Å². The van der Waals surface area contributed by atoms with Crippen molar-refractivity contribution in [2.24, 2.45) is 0 Å². The average molecular weight is 228 g/mol. The normalized spacial score (nSPS) is 32.1. The SMILES string of the molecule is CN1CCC(N2CCOCC2C(=O)O)C1=O. The van der Waals surface area contributed by atoms with E-state index in [4.69, 9.17) is 9.84 Å². The Labute approximate surface area is 93.8 Å². The van der Waals surface area contributed by atoms with E-state index in [2.05, 4.69) is 0 Å². The fraction of sp³-hybridized carbons (Fsp3) is 0.800. The van der Waals surface area contributed by atoms with Crippen molar-refractivity contribution in [2.75, 3.05) is 33.4 Å². The number of hydrogen-bond donors (Lipinski definition) is 1. The van der Waals surface area contributed by atoms with Gasteiger partial charge in [0.2, 0.25) is 5.91 Å². The van der Waals surface area contributed by atoms with Gasteiger partial charge in [-0.25, -0.2) is 0 Å². The number of morpholine rings is 1. The van der Waals surface area contributed by atoms with Crippen molar-refractivity contribution in [3.05, 3.63) is 0 Å². The third kappa shape index (κ3) is 1.90. The lowest BCUT2D eigenvalue weighted by atomic mass is 10.1. The summed E-state index contributed by atoms with van der Waals surface area (Å²) in [5.41, 5.74) is 0. The van der Waals surface area contributed by atoms with Crippen LogP contribution in [0, 0.1) is 0 Å². The number of carbonyl (C=O) groups excluding carboxylic acids is 1. The Hall–Kier alpha value is -1.14. The van der Waals surface area contributed by atoms with E-state index in [1.165, 1.54) is 0 Å². The zero-order chi connectivity index (χ0) is 11.7. The highest BCUT2D eigenvalue weighted by Gasteiger charge is 2.41. The summed E-state index contributed by atoms with van der Waals surface area (Å²) in [6, 6.07) is -0.968. The molecule has 0 radical (unpaired) electrons. The van der Waals surface area contributed by atoms with E-state index in [1.807, 2.05) is 0 Å². The largest absolute Gasteiger partial charge is 0.480 e. The van der Waals surface area contributed by atoms with E-state index in [1.54, 1.807) is 16.8 Å². The van der Waals surface area contributed by atoms with Gasteiger partial charge in [0, 0.05) is 20.1 Å². The van der Waals surface area contributed by atoms with Crippen LogP contribution in [0.15, 0.2) is 0 Å². The number of aliphatic carboxylic acids is 1. The first kappa shape index (κ1) is 11.3. The minimum Gasteiger partial charge on any atom is -0.480 e. The van der Waals surface area contributed by atoms with Gasteiger partial charge in [0.15, 0.2) is 0 Å². The van der Waals surface area contributed by atoms with Crippen LogP contribution in [0.25, 0.3) is 0 Å². The number of nitrogens with zero attached hydrogens (tertiary/aromatic N) is 2. The van der Waals surface area contributed by atoms with Gasteiger partial charge in [-0.2, -0.15) is 0 Å². The summed E-state index contributed by atoms with van der Waals surface area (Å²) in [6.45, 7) is 1.88. The molecule has 2 aliphatic rings. The maximum absolute atomic E-state index is 11.8. The Morgan fingerprint density at radius 2 is 2.25 bits per heavy atom. The molecule has 2 fully saturated rings. The van der Waals surface area contributed by atoms with Gasteiger partial charge in [0.25, 0.3) is 0 Å². The number of carboxylic acid groups (broad SMARTS) is 1. The van der Waals surface area contributed by atoms with Crippen molar-refractivity contribution in [1.82, 2.24) is 9.80 Å². The van der Waals surface area contributed by atoms with Gasteiger partial charge in [-0.05, 0) is 6.42 Å². The minimum atomic E-state index is -0.915. The number of rotatable bonds is 2. The third-order valence-electron chi connectivity index (χ3n) is 3.25. The number of likely N-dealkylation sites (N-methyl/N-ethyl adjacent to an activating group) is 1. The molecule has 0 saturated carbocycles. The number of carboxylic acids is 1. The smallest absolute Gasteiger partial charge is 0.323 e. The zero-order valence-electron chi connectivity index (χ0n) is 9.26. The number of amides is 1. The van der Waals surface area contributed by atoms with E-state index in [0.717, 1.165) is 0 Å². The highest BCUT2D eigenvalue weighted by Crippen LogP contribution is 2.20. The van der Waals surface area contributed by atoms with Gasteiger partial charge < -0.3 is 14.7 Å². The predicted molar refractivity (Wildman–Crippen MR) is 55.0 cm³/mol. The lowest BCUT2D eigenvalue weighted by molar-refractivity contribution is -0.153. The Kier molecular flexibility index (Phi) is 3.11. The third-order valence-corrected chi connectivity index (χ3v) is 3.25. The molecule has 90 valence electrons. The van der Waals surface area contributed by atoms with Crippen LogP contribution in [-0.2, 0) is 14.3 Å². The van der Waals surface area contributed by atoms with Crippen LogP contribution >= 0.6 is 0 Å². The molecule has 16 heavy (non-hydrogen) atoms. The van der Waals surface area contributed by atoms with Crippen LogP contribution in [-0.4, -0.2) is 72.2 Å². The molecule has 2 rings (SSSR count). The molecule has 1 amide bonds. The van der Waals surface area contributed by atoms with Crippen LogP contribution in [0.3, 0.4) is 0 Å². The van der Waals surface area contributed by atoms with Crippen molar-refractivity contribution in [2.45, 2.75) is 18.5 Å². The second-order valence-corrected chi connectivity index (χ2v) is 4.23. The Bertz CT molecular complexity index is 307. The molecule has 0 aliphatic carbocycles. The van der Waals surface area contributed by atoms with Crippen molar-refractivity contribution < 1.29 is 19.4 Å². The maximum Gasteiger partial charge on any atom is 0.323 e. The molecule has 2 saturated heterocycles. The second-order valence-electron chi connectivity index (χ2n) is 4.23. The summed E-state index contributed by atoms with van der Waals surface area (Å²) in [5, 5.41) is 9.07. The quantitative estimate of drug-likeness (QED) is 0.656. The maximum atomic E-state index is 11.8. The minimum absolute atomic E-state index is 0.0214. The average Bonchev–Trinajstić information content (AvgIpc) is 2.60. The molecule has 2 aliphatic heterocycles. The zero-order valence-corrected chi connectivity index (χ0v) is 9.26. The van der Waals surface area contributed by atoms with E-state index in [0.29, 0.717) is 26.1 Å². The number of likely N-dealkylation sites (tertiary alicyclic amines) is 1. The Morgan fingerprint density at radius 3 is 2.81 bits per heavy atom. The molecule has 6 nitrogen and oxygen atoms in total. The summed E-state index contributed by atoms with van der Waals surface area (Å²) in [4.78, 5) is 26.3. The summed E-state index contributed by atoms with van der Waals surface area (Å²) < 4.78 is 5.15. The first-order valence-electron chi connectivity index (χ1n) is 5.42. The molecule has 0 aromatic rings. The summed E-state index contributed by atoms with van der Waals surface area (Å²) in [5.74, 6) is -0.893. The summed E-state index contributed by atoms with van der Waals surface area (Å²) >= 11 is 0. The van der Waals surface area contributed by atoms with Crippen LogP contribution in [0.5, 0.6) is 0 Å². The Balaban J connectivity index is 2.11. The fourth-order valence-electron chi connectivity index (χ4n) is 2.31. The molecule has 2 unspecified atom stereocenters. The van der Waals surface area contributed by atoms with Crippen LogP contribution in [0.1, 0.15) is 6.42 Å². The van der Waals surface area contributed by atoms with Crippen molar-refractivity contribution in [3.63, 3.8) is 0 Å². The highest BCUT2D eigenvalue weighted by molar-refractivity contribution is 5.85. The first-order valence-corrected chi connectivity index (χ1v) is 5.42. The van der Waals surface area contributed by atoms with Gasteiger partial charge in [0.05, 0.1) is 19.3 Å². The molecule has 6 heteroatoms. The molecule has 0 aromatic heterocycles. The number of carbonyl (C=O) groups is 2. The van der Waals surface area contributed by atoms with E-state index in [-0.39, 0.29) is 18.6 Å². The first-order chi connectivity index (χ1) is 7.61. The number of hydrogen-bond acceptors (Lipinski definition) is 4. The van der Waals surface area contributed by atoms with E-state index >= 15 is 0 Å². The number of ether oxygens (including phenoxy) is 1. The second kappa shape index (κ2) is 4.39. The lowest BCUT2D eigenvalue weighted by Crippen LogP contribution is -2.56. The lowest BCUT2D eigenvalue weighted by Gasteiger charge is -2.36. The van der Waals surface area contributed by atoms with Crippen molar-refractivity contribution in [3.8, 4) is 0 Å². The summed E-state index contributed by atoms with van der Waals surface area (Å²) in [7, 11) is 1.75. The van der Waals surface area contributed by atoms with Gasteiger partial charge in [-0.3, -0.25) is 14.5 Å². The van der Waals surface area contributed by atoms with Crippen molar-refractivity contribution in [1.29, 1.82) is 0 Å². The van der Waals surface area contributed by atoms with Gasteiger partial charge >= 0.3 is 5.97 Å². The van der Waals surface area contributed by atoms with Crippen LogP contribution in [0.4, 0.5) is 0 Å². The molecule has 0 bridgehead atoms. The predicted octanol–water partition coefficient (Wildman–Crippen LogP) is -0.997. The molecule has 1 N–H and O–H groups in total. The molecular formula is C10H16N2O4. The van der Waals surface area contributed by atoms with Gasteiger partial charge in [-0.15, -0.1) is 0 Å². The molecule has 0 aromatic carbocycles. The van der Waals surface area contributed by atoms with Gasteiger partial charge in [-0.1, -0.05) is 0 Å². The molecular weight excluding hydrogens is 212 g/mol. The molecule has 2 atom stereocenters. The van der Waals surface area contributed by atoms with E-state index < -0.39 is 12.0 Å². The summed E-state index contributed by atoms with van der Waals surface area (Å²) in [6.07, 6.45) is 0.707. The topological polar surface area (TPSA) is 70.1 Å². The standard InChI is InChI=1S/C10H16N2O4/c1-11-3-2-7(9(11)13)12-4-5-16-6-8(12)10(14)15/h7-8H,2-6H2,1H3,(H,14,15). The van der Waals surface area contributed by atoms with E-state index in [9.17, 15) is 9.59 Å². The van der Waals surface area contributed by atoms with Crippen molar-refractivity contribution >= 4 is 11.9 Å². The fourth-order valence-corrected chi connectivity index (χ4v) is 2.31. The highest BCUT2D eigenvalue weighted by atomic mass is 16.5. The molecule has 0 spiro atoms. The monoisotopic (exact) mass is 228 g/mol. The Morgan fingerprint density at radius 1 is 1.50 bits per heavy atom. The molecule has 2 heterocycles. The van der Waals surface area contributed by atoms with Gasteiger partial charge in [0.1, 0.15) is 6.04 Å².